The molecule has 0 spiro atoms. The Morgan fingerprint density at radius 1 is 1.22 bits per heavy atom. The van der Waals surface area contributed by atoms with E-state index in [1.165, 1.54) is 6.42 Å². The van der Waals surface area contributed by atoms with Crippen molar-refractivity contribution in [1.29, 1.82) is 0 Å². The second-order valence-corrected chi connectivity index (χ2v) is 6.83. The normalized spacial score (nSPS) is 29.2. The van der Waals surface area contributed by atoms with Gasteiger partial charge in [-0.3, -0.25) is 0 Å². The van der Waals surface area contributed by atoms with Gasteiger partial charge in [-0.15, -0.1) is 0 Å². The van der Waals surface area contributed by atoms with Crippen molar-refractivity contribution >= 4 is 6.09 Å². The molecule has 7 nitrogen and oxygen atoms in total. The Morgan fingerprint density at radius 2 is 1.96 bits per heavy atom. The summed E-state index contributed by atoms with van der Waals surface area (Å²) in [6, 6.07) is 10.7. The monoisotopic (exact) mass is 404 g/mol. The van der Waals surface area contributed by atoms with Crippen LogP contribution in [0, 0.1) is 0 Å². The molecule has 1 aromatic carbocycles. The van der Waals surface area contributed by atoms with E-state index in [1.807, 2.05) is 30.3 Å². The maximum absolute atomic E-state index is 11.9. The molecule has 146 valence electrons. The fourth-order valence-corrected chi connectivity index (χ4v) is 3.71. The standard InChI is InChI=1S/C13H15NO3.C5H9NO.CH4O.K.H/c15-13(14-7-12-6-11(14)9-16-12)17-8-10-4-2-1-3-5-10;1-4-3-7-5(1)2-6-4;1-2;;/h1-5,11-12H,6-9H2;4-6H,1-3H2;2H,1H3;;/q;;;+1;-1/t11-,12-;4-,5-;;;/m00.../s1. The van der Waals surface area contributed by atoms with Crippen LogP contribution in [0.25, 0.3) is 0 Å². The summed E-state index contributed by atoms with van der Waals surface area (Å²) in [4.78, 5) is 13.6. The molecule has 4 aliphatic heterocycles. The molecule has 4 heterocycles. The van der Waals surface area contributed by atoms with Crippen LogP contribution in [0.5, 0.6) is 0 Å². The Morgan fingerprint density at radius 3 is 2.41 bits per heavy atom. The molecule has 4 saturated heterocycles. The second kappa shape index (κ2) is 11.8. The smallest absolute Gasteiger partial charge is 1.00 e. The van der Waals surface area contributed by atoms with Gasteiger partial charge < -0.3 is 31.0 Å². The van der Waals surface area contributed by atoms with Crippen molar-refractivity contribution in [3.05, 3.63) is 35.9 Å². The van der Waals surface area contributed by atoms with Crippen molar-refractivity contribution in [3.8, 4) is 0 Å². The quantitative estimate of drug-likeness (QED) is 0.571. The molecule has 4 fully saturated rings. The van der Waals surface area contributed by atoms with E-state index >= 15 is 0 Å². The van der Waals surface area contributed by atoms with Gasteiger partial charge in [-0.05, 0) is 18.4 Å². The Balaban J connectivity index is 0.000000301. The summed E-state index contributed by atoms with van der Waals surface area (Å²) in [6.45, 7) is 3.72. The van der Waals surface area contributed by atoms with Crippen LogP contribution in [0.15, 0.2) is 30.3 Å². The molecule has 1 amide bonds. The third-order valence-corrected chi connectivity index (χ3v) is 5.05. The van der Waals surface area contributed by atoms with Crippen LogP contribution in [-0.2, 0) is 20.8 Å². The Hall–Kier alpha value is -0.0336. The number of aliphatic hydroxyl groups excluding tert-OH is 1. The van der Waals surface area contributed by atoms with Crippen molar-refractivity contribution in [2.45, 2.75) is 43.7 Å². The third kappa shape index (κ3) is 6.48. The van der Waals surface area contributed by atoms with Gasteiger partial charge in [-0.25, -0.2) is 4.79 Å². The molecule has 4 atom stereocenters. The fraction of sp³-hybridized carbons (Fsp3) is 0.632. The zero-order chi connectivity index (χ0) is 18.4. The number of fused-ring (bicyclic) bond motifs is 4. The van der Waals surface area contributed by atoms with Crippen molar-refractivity contribution in [2.75, 3.05) is 33.4 Å². The molecular weight excluding hydrogens is 375 g/mol. The van der Waals surface area contributed by atoms with Crippen molar-refractivity contribution in [3.63, 3.8) is 0 Å². The van der Waals surface area contributed by atoms with E-state index in [1.54, 1.807) is 4.90 Å². The molecule has 0 saturated carbocycles. The van der Waals surface area contributed by atoms with Gasteiger partial charge in [0.05, 0.1) is 38.0 Å². The van der Waals surface area contributed by atoms with Crippen LogP contribution >= 0.6 is 0 Å². The minimum atomic E-state index is -0.218. The number of nitrogens with one attached hydrogen (secondary N) is 1. The number of morpholine rings is 2. The van der Waals surface area contributed by atoms with Gasteiger partial charge in [0, 0.05) is 19.7 Å². The number of aliphatic hydroxyl groups is 1. The minimum Gasteiger partial charge on any atom is -1.00 e. The van der Waals surface area contributed by atoms with Crippen LogP contribution < -0.4 is 56.7 Å². The average Bonchev–Trinajstić information content (AvgIpc) is 3.51. The number of ether oxygens (including phenoxy) is 3. The average molecular weight is 405 g/mol. The predicted octanol–water partition coefficient (Wildman–Crippen LogP) is -1.73. The van der Waals surface area contributed by atoms with E-state index in [4.69, 9.17) is 19.3 Å². The van der Waals surface area contributed by atoms with E-state index in [9.17, 15) is 4.79 Å². The molecule has 27 heavy (non-hydrogen) atoms. The van der Waals surface area contributed by atoms with Crippen molar-refractivity contribution in [1.82, 2.24) is 10.2 Å². The van der Waals surface area contributed by atoms with Gasteiger partial charge in [0.1, 0.15) is 6.61 Å². The molecule has 8 heteroatoms. The summed E-state index contributed by atoms with van der Waals surface area (Å²) in [5.41, 5.74) is 1.02. The van der Waals surface area contributed by atoms with Gasteiger partial charge in [0.25, 0.3) is 0 Å². The van der Waals surface area contributed by atoms with E-state index in [2.05, 4.69) is 5.32 Å². The summed E-state index contributed by atoms with van der Waals surface area (Å²) in [6.07, 6.45) is 2.78. The number of benzene rings is 1. The number of likely N-dealkylation sites (tertiary alicyclic amines) is 1. The molecule has 0 radical (unpaired) electrons. The molecule has 0 aliphatic carbocycles. The van der Waals surface area contributed by atoms with Crippen molar-refractivity contribution < 1.29 is 76.9 Å². The van der Waals surface area contributed by atoms with Gasteiger partial charge in [-0.2, -0.15) is 0 Å². The molecule has 1 aromatic rings. The first-order valence-electron chi connectivity index (χ1n) is 9.16. The third-order valence-electron chi connectivity index (χ3n) is 5.05. The number of hydrogen-bond donors (Lipinski definition) is 2. The second-order valence-electron chi connectivity index (χ2n) is 6.83. The number of nitrogens with zero attached hydrogens (tertiary/aromatic N) is 1. The Bertz CT molecular complexity index is 565. The number of carbonyl (C=O) groups excluding carboxylic acids is 1. The van der Waals surface area contributed by atoms with Crippen LogP contribution in [0.3, 0.4) is 0 Å². The number of carbonyl (C=O) groups is 1. The summed E-state index contributed by atoms with van der Waals surface area (Å²) in [7, 11) is 1.00. The fourth-order valence-electron chi connectivity index (χ4n) is 3.71. The van der Waals surface area contributed by atoms with E-state index in [-0.39, 0.29) is 71.1 Å². The van der Waals surface area contributed by atoms with E-state index in [0.717, 1.165) is 32.2 Å². The zero-order valence-electron chi connectivity index (χ0n) is 17.2. The molecule has 4 aliphatic rings. The van der Waals surface area contributed by atoms with E-state index < -0.39 is 0 Å². The molecule has 4 bridgehead atoms. The zero-order valence-corrected chi connectivity index (χ0v) is 19.3. The number of amides is 1. The Kier molecular flexibility index (Phi) is 10.2. The summed E-state index contributed by atoms with van der Waals surface area (Å²) in [5.74, 6) is 0. The van der Waals surface area contributed by atoms with Crippen LogP contribution in [0.2, 0.25) is 0 Å². The largest absolute Gasteiger partial charge is 1.00 e. The maximum Gasteiger partial charge on any atom is 1.00 e. The number of rotatable bonds is 2. The van der Waals surface area contributed by atoms with Gasteiger partial charge in [-0.1, -0.05) is 30.3 Å². The van der Waals surface area contributed by atoms with Gasteiger partial charge in [0.15, 0.2) is 0 Å². The minimum absolute atomic E-state index is 0. The van der Waals surface area contributed by atoms with Gasteiger partial charge in [0.2, 0.25) is 0 Å². The summed E-state index contributed by atoms with van der Waals surface area (Å²) < 4.78 is 16.0. The van der Waals surface area contributed by atoms with Crippen LogP contribution in [0.4, 0.5) is 4.79 Å². The maximum atomic E-state index is 11.9. The van der Waals surface area contributed by atoms with Gasteiger partial charge >= 0.3 is 57.5 Å². The molecule has 5 rings (SSSR count). The van der Waals surface area contributed by atoms with Crippen LogP contribution in [-0.4, -0.2) is 73.8 Å². The first-order chi connectivity index (χ1) is 12.8. The Labute approximate surface area is 204 Å². The molecule has 0 unspecified atom stereocenters. The summed E-state index contributed by atoms with van der Waals surface area (Å²) >= 11 is 0. The number of hydrogen-bond acceptors (Lipinski definition) is 6. The SMILES string of the molecule is C1O[C@@H]2CN[C@H]1C2.CO.O=C(OCc1ccccc1)N1C[C@@H]2C[C@H]1CO2.[H-].[K+]. The predicted molar refractivity (Wildman–Crippen MR) is 96.9 cm³/mol. The molecular formula is C19H29KN2O5. The summed E-state index contributed by atoms with van der Waals surface area (Å²) in [5, 5.41) is 10.3. The molecule has 0 aromatic heterocycles. The van der Waals surface area contributed by atoms with Crippen molar-refractivity contribution in [2.24, 2.45) is 0 Å². The first-order valence-corrected chi connectivity index (χ1v) is 9.16. The molecule has 2 N–H and O–H groups in total. The topological polar surface area (TPSA) is 80.3 Å². The van der Waals surface area contributed by atoms with E-state index in [0.29, 0.717) is 31.9 Å². The first kappa shape index (κ1) is 23.2. The van der Waals surface area contributed by atoms with Crippen LogP contribution in [0.1, 0.15) is 19.8 Å².